The Morgan fingerprint density at radius 3 is 2.89 bits per heavy atom. The van der Waals surface area contributed by atoms with Crippen molar-refractivity contribution in [2.45, 2.75) is 25.0 Å². The number of halogens is 2. The molecule has 1 heterocycles. The van der Waals surface area contributed by atoms with Gasteiger partial charge >= 0.3 is 0 Å². The van der Waals surface area contributed by atoms with Gasteiger partial charge in [0.15, 0.2) is 0 Å². The molecule has 1 aromatic rings. The van der Waals surface area contributed by atoms with Gasteiger partial charge in [0.25, 0.3) is 5.91 Å². The third-order valence-electron chi connectivity index (χ3n) is 3.28. The lowest BCUT2D eigenvalue weighted by Gasteiger charge is -2.23. The van der Waals surface area contributed by atoms with E-state index in [0.29, 0.717) is 18.1 Å². The number of hydrogen-bond acceptors (Lipinski definition) is 2. The van der Waals surface area contributed by atoms with Crippen molar-refractivity contribution in [1.29, 1.82) is 0 Å². The Kier molecular flexibility index (Phi) is 4.41. The lowest BCUT2D eigenvalue weighted by Crippen LogP contribution is -2.34. The molecule has 0 bridgehead atoms. The summed E-state index contributed by atoms with van der Waals surface area (Å²) in [7, 11) is 0. The molecular weight excluding hydrogens is 285 g/mol. The summed E-state index contributed by atoms with van der Waals surface area (Å²) in [5.41, 5.74) is 0.0669. The molecule has 0 N–H and O–H groups in total. The van der Waals surface area contributed by atoms with E-state index in [0.717, 1.165) is 12.2 Å². The van der Waals surface area contributed by atoms with E-state index in [9.17, 15) is 9.18 Å². The monoisotopic (exact) mass is 301 g/mol. The van der Waals surface area contributed by atoms with Crippen LogP contribution < -0.4 is 0 Å². The smallest absolute Gasteiger partial charge is 0.256 e. The summed E-state index contributed by atoms with van der Waals surface area (Å²) in [6.07, 6.45) is 0.908. The molecule has 0 aliphatic carbocycles. The molecule has 0 spiro atoms. The molecule has 2 nitrogen and oxygen atoms in total. The number of rotatable bonds is 1. The third kappa shape index (κ3) is 3.63. The maximum absolute atomic E-state index is 13.7. The average molecular weight is 302 g/mol. The molecule has 1 aliphatic heterocycles. The van der Waals surface area contributed by atoms with Crippen molar-refractivity contribution in [3.05, 3.63) is 34.6 Å². The highest BCUT2D eigenvalue weighted by Crippen LogP contribution is 2.31. The highest BCUT2D eigenvalue weighted by atomic mass is 35.5. The van der Waals surface area contributed by atoms with Crippen molar-refractivity contribution in [2.75, 3.05) is 18.8 Å². The second-order valence-electron chi connectivity index (χ2n) is 5.27. The van der Waals surface area contributed by atoms with Gasteiger partial charge in [-0.3, -0.25) is 4.79 Å². The second kappa shape index (κ2) is 5.71. The number of carbonyl (C=O) groups is 1. The first-order valence-electron chi connectivity index (χ1n) is 6.27. The summed E-state index contributed by atoms with van der Waals surface area (Å²) in [5, 5.41) is 0.384. The number of thioether (sulfide) groups is 1. The molecule has 0 radical (unpaired) electrons. The van der Waals surface area contributed by atoms with E-state index < -0.39 is 5.82 Å². The van der Waals surface area contributed by atoms with Crippen LogP contribution in [0.4, 0.5) is 4.39 Å². The van der Waals surface area contributed by atoms with Crippen LogP contribution in [0.1, 0.15) is 30.6 Å². The van der Waals surface area contributed by atoms with E-state index in [1.54, 1.807) is 4.90 Å². The first-order chi connectivity index (χ1) is 8.89. The van der Waals surface area contributed by atoms with Gasteiger partial charge < -0.3 is 4.90 Å². The van der Waals surface area contributed by atoms with Crippen molar-refractivity contribution in [3.63, 3.8) is 0 Å². The van der Waals surface area contributed by atoms with Gasteiger partial charge in [-0.2, -0.15) is 11.8 Å². The van der Waals surface area contributed by atoms with Crippen molar-refractivity contribution in [3.8, 4) is 0 Å². The summed E-state index contributed by atoms with van der Waals surface area (Å²) in [6.45, 7) is 5.65. The van der Waals surface area contributed by atoms with Gasteiger partial charge in [-0.1, -0.05) is 25.4 Å². The molecular formula is C14H17ClFNOS. The van der Waals surface area contributed by atoms with Crippen molar-refractivity contribution >= 4 is 29.3 Å². The van der Waals surface area contributed by atoms with E-state index in [4.69, 9.17) is 11.6 Å². The third-order valence-corrected chi connectivity index (χ3v) is 4.89. The molecule has 2 rings (SSSR count). The minimum atomic E-state index is -0.509. The number of benzene rings is 1. The molecule has 0 unspecified atom stereocenters. The first-order valence-corrected chi connectivity index (χ1v) is 7.64. The largest absolute Gasteiger partial charge is 0.338 e. The zero-order valence-electron chi connectivity index (χ0n) is 11.1. The van der Waals surface area contributed by atoms with Gasteiger partial charge in [-0.15, -0.1) is 0 Å². The Balaban J connectivity index is 2.17. The van der Waals surface area contributed by atoms with Gasteiger partial charge in [0.1, 0.15) is 5.82 Å². The van der Waals surface area contributed by atoms with Crippen LogP contribution in [0.25, 0.3) is 0 Å². The number of nitrogens with zero attached hydrogens (tertiary/aromatic N) is 1. The second-order valence-corrected chi connectivity index (χ2v) is 7.51. The molecule has 1 saturated heterocycles. The molecule has 0 aromatic heterocycles. The standard InChI is InChI=1S/C14H17ClFNOS/c1-14(2)5-6-17(7-8-19-14)13(18)11-9-10(15)3-4-12(11)16/h3-4,9H,5-8H2,1-2H3. The molecule has 1 amide bonds. The summed E-state index contributed by atoms with van der Waals surface area (Å²) in [6, 6.07) is 4.10. The summed E-state index contributed by atoms with van der Waals surface area (Å²) >= 11 is 7.69. The van der Waals surface area contributed by atoms with Crippen LogP contribution in [0, 0.1) is 5.82 Å². The SMILES string of the molecule is CC1(C)CCN(C(=O)c2cc(Cl)ccc2F)CCS1. The van der Waals surface area contributed by atoms with Gasteiger partial charge in [-0.05, 0) is 24.6 Å². The minimum Gasteiger partial charge on any atom is -0.338 e. The zero-order valence-corrected chi connectivity index (χ0v) is 12.7. The van der Waals surface area contributed by atoms with Crippen LogP contribution >= 0.6 is 23.4 Å². The molecule has 1 aromatic carbocycles. The van der Waals surface area contributed by atoms with Crippen LogP contribution in [0.5, 0.6) is 0 Å². The van der Waals surface area contributed by atoms with E-state index in [-0.39, 0.29) is 16.2 Å². The zero-order chi connectivity index (χ0) is 14.0. The van der Waals surface area contributed by atoms with Gasteiger partial charge in [0.2, 0.25) is 0 Å². The molecule has 1 aliphatic rings. The Bertz CT molecular complexity index is 492. The molecule has 0 atom stereocenters. The fraction of sp³-hybridized carbons (Fsp3) is 0.500. The van der Waals surface area contributed by atoms with Crippen LogP contribution in [0.2, 0.25) is 5.02 Å². The quantitative estimate of drug-likeness (QED) is 0.785. The number of hydrogen-bond donors (Lipinski definition) is 0. The summed E-state index contributed by atoms with van der Waals surface area (Å²) in [4.78, 5) is 14.1. The van der Waals surface area contributed by atoms with Crippen molar-refractivity contribution in [2.24, 2.45) is 0 Å². The van der Waals surface area contributed by atoms with Crippen LogP contribution in [-0.4, -0.2) is 34.4 Å². The Morgan fingerprint density at radius 2 is 2.16 bits per heavy atom. The molecule has 1 fully saturated rings. The van der Waals surface area contributed by atoms with Crippen molar-refractivity contribution < 1.29 is 9.18 Å². The van der Waals surface area contributed by atoms with Crippen LogP contribution in [-0.2, 0) is 0 Å². The highest BCUT2D eigenvalue weighted by Gasteiger charge is 2.27. The molecule has 19 heavy (non-hydrogen) atoms. The van der Waals surface area contributed by atoms with E-state index in [1.807, 2.05) is 11.8 Å². The molecule has 104 valence electrons. The number of carbonyl (C=O) groups excluding carboxylic acids is 1. The predicted octanol–water partition coefficient (Wildman–Crippen LogP) is 3.84. The normalized spacial score (nSPS) is 19.1. The lowest BCUT2D eigenvalue weighted by molar-refractivity contribution is 0.0760. The first kappa shape index (κ1) is 14.7. The predicted molar refractivity (Wildman–Crippen MR) is 78.5 cm³/mol. The fourth-order valence-electron chi connectivity index (χ4n) is 2.06. The Labute approximate surface area is 122 Å². The number of amides is 1. The Hall–Kier alpha value is -0.740. The Morgan fingerprint density at radius 1 is 1.42 bits per heavy atom. The van der Waals surface area contributed by atoms with Crippen molar-refractivity contribution in [1.82, 2.24) is 4.90 Å². The molecule has 5 heteroatoms. The average Bonchev–Trinajstić information content (AvgIpc) is 2.52. The van der Waals surface area contributed by atoms with E-state index >= 15 is 0 Å². The topological polar surface area (TPSA) is 20.3 Å². The molecule has 0 saturated carbocycles. The maximum Gasteiger partial charge on any atom is 0.256 e. The van der Waals surface area contributed by atoms with Gasteiger partial charge in [-0.25, -0.2) is 4.39 Å². The van der Waals surface area contributed by atoms with Crippen LogP contribution in [0.15, 0.2) is 18.2 Å². The summed E-state index contributed by atoms with van der Waals surface area (Å²) < 4.78 is 13.9. The van der Waals surface area contributed by atoms with Crippen LogP contribution in [0.3, 0.4) is 0 Å². The highest BCUT2D eigenvalue weighted by molar-refractivity contribution is 8.00. The minimum absolute atomic E-state index is 0.0669. The fourth-order valence-corrected chi connectivity index (χ4v) is 3.33. The van der Waals surface area contributed by atoms with E-state index in [2.05, 4.69) is 13.8 Å². The van der Waals surface area contributed by atoms with E-state index in [1.165, 1.54) is 18.2 Å². The van der Waals surface area contributed by atoms with Gasteiger partial charge in [0, 0.05) is 28.6 Å². The maximum atomic E-state index is 13.7. The van der Waals surface area contributed by atoms with Gasteiger partial charge in [0.05, 0.1) is 5.56 Å². The summed E-state index contributed by atoms with van der Waals surface area (Å²) in [5.74, 6) is 0.102. The lowest BCUT2D eigenvalue weighted by atomic mass is 10.1.